The third kappa shape index (κ3) is 4.71. The second-order valence-corrected chi connectivity index (χ2v) is 8.42. The fourth-order valence-electron chi connectivity index (χ4n) is 4.64. The fraction of sp³-hybridized carbons (Fsp3) is 0.458. The monoisotopic (exact) mass is 432 g/mol. The molecule has 0 radical (unpaired) electrons. The highest BCUT2D eigenvalue weighted by Gasteiger charge is 2.43. The number of halogens is 3. The first-order chi connectivity index (χ1) is 14.9. The highest BCUT2D eigenvalue weighted by molar-refractivity contribution is 5.88. The lowest BCUT2D eigenvalue weighted by Gasteiger charge is -2.37. The van der Waals surface area contributed by atoms with Gasteiger partial charge in [-0.3, -0.25) is 4.79 Å². The van der Waals surface area contributed by atoms with Crippen LogP contribution in [0.1, 0.15) is 30.4 Å². The van der Waals surface area contributed by atoms with E-state index in [2.05, 4.69) is 22.3 Å². The Balaban J connectivity index is 1.46. The van der Waals surface area contributed by atoms with Gasteiger partial charge in [0.25, 0.3) is 0 Å². The largest absolute Gasteiger partial charge is 0.416 e. The second-order valence-electron chi connectivity index (χ2n) is 8.42. The molecule has 0 bridgehead atoms. The summed E-state index contributed by atoms with van der Waals surface area (Å²) in [6.07, 6.45) is -2.72. The minimum Gasteiger partial charge on any atom is -0.381 e. The average Bonchev–Trinajstić information content (AvgIpc) is 3.27. The summed E-state index contributed by atoms with van der Waals surface area (Å²) in [6, 6.07) is 15.3. The van der Waals surface area contributed by atoms with Crippen molar-refractivity contribution in [3.63, 3.8) is 0 Å². The van der Waals surface area contributed by atoms with Gasteiger partial charge in [-0.1, -0.05) is 36.4 Å². The van der Waals surface area contributed by atoms with Gasteiger partial charge in [-0.2, -0.15) is 13.2 Å². The number of carbonyl (C=O) groups excluding carboxylic acids is 1. The van der Waals surface area contributed by atoms with Crippen molar-refractivity contribution in [2.45, 2.75) is 30.9 Å². The minimum absolute atomic E-state index is 0.201. The topological polar surface area (TPSA) is 41.6 Å². The quantitative estimate of drug-likeness (QED) is 0.762. The van der Waals surface area contributed by atoms with Crippen LogP contribution < -0.4 is 10.2 Å². The molecule has 0 saturated carbocycles. The number of nitrogens with zero attached hydrogens (tertiary/aromatic N) is 1. The number of alkyl halides is 3. The first-order valence-electron chi connectivity index (χ1n) is 10.7. The number of carbonyl (C=O) groups is 1. The van der Waals surface area contributed by atoms with Crippen molar-refractivity contribution in [2.75, 3.05) is 37.7 Å². The Morgan fingerprint density at radius 3 is 2.55 bits per heavy atom. The zero-order valence-corrected chi connectivity index (χ0v) is 17.3. The van der Waals surface area contributed by atoms with Crippen molar-refractivity contribution in [1.82, 2.24) is 5.32 Å². The van der Waals surface area contributed by atoms with Gasteiger partial charge in [-0.05, 0) is 48.9 Å². The minimum atomic E-state index is -4.44. The molecule has 0 aliphatic carbocycles. The smallest absolute Gasteiger partial charge is 0.381 e. The van der Waals surface area contributed by atoms with Crippen molar-refractivity contribution >= 4 is 11.6 Å². The molecule has 2 fully saturated rings. The van der Waals surface area contributed by atoms with Crippen molar-refractivity contribution in [3.05, 3.63) is 65.7 Å². The Morgan fingerprint density at radius 2 is 1.84 bits per heavy atom. The molecule has 0 aromatic heterocycles. The predicted octanol–water partition coefficient (Wildman–Crippen LogP) is 4.40. The first kappa shape index (κ1) is 21.7. The molecular weight excluding hydrogens is 405 g/mol. The van der Waals surface area contributed by atoms with Crippen molar-refractivity contribution in [3.8, 4) is 0 Å². The molecule has 2 aromatic carbocycles. The molecule has 2 heterocycles. The molecular formula is C24H27F3N2O2. The Bertz CT molecular complexity index is 895. The number of benzene rings is 2. The number of para-hydroxylation sites is 1. The van der Waals surface area contributed by atoms with Gasteiger partial charge >= 0.3 is 6.18 Å². The number of hydrogen-bond donors (Lipinski definition) is 1. The molecule has 4 rings (SSSR count). The fourth-order valence-corrected chi connectivity index (χ4v) is 4.64. The van der Waals surface area contributed by atoms with E-state index in [0.29, 0.717) is 44.1 Å². The van der Waals surface area contributed by atoms with Gasteiger partial charge in [0.1, 0.15) is 0 Å². The highest BCUT2D eigenvalue weighted by Crippen LogP contribution is 2.38. The zero-order chi connectivity index (χ0) is 21.9. The number of amides is 1. The molecule has 2 aliphatic rings. The van der Waals surface area contributed by atoms with Crippen LogP contribution in [0.2, 0.25) is 0 Å². The molecule has 1 unspecified atom stereocenters. The van der Waals surface area contributed by atoms with Crippen LogP contribution in [0.15, 0.2) is 54.6 Å². The molecule has 2 aliphatic heterocycles. The number of ether oxygens (including phenoxy) is 1. The van der Waals surface area contributed by atoms with Crippen molar-refractivity contribution in [1.29, 1.82) is 0 Å². The molecule has 166 valence electrons. The predicted molar refractivity (Wildman–Crippen MR) is 113 cm³/mol. The molecule has 0 spiro atoms. The summed E-state index contributed by atoms with van der Waals surface area (Å²) < 4.78 is 45.2. The van der Waals surface area contributed by atoms with Crippen molar-refractivity contribution in [2.24, 2.45) is 5.92 Å². The van der Waals surface area contributed by atoms with Crippen LogP contribution in [0.25, 0.3) is 0 Å². The van der Waals surface area contributed by atoms with Crippen LogP contribution >= 0.6 is 0 Å². The molecule has 1 atom stereocenters. The Morgan fingerprint density at radius 1 is 1.10 bits per heavy atom. The lowest BCUT2D eigenvalue weighted by Crippen LogP contribution is -2.49. The molecule has 1 N–H and O–H groups in total. The van der Waals surface area contributed by atoms with E-state index in [1.165, 1.54) is 11.8 Å². The molecule has 7 heteroatoms. The zero-order valence-electron chi connectivity index (χ0n) is 17.3. The molecule has 4 nitrogen and oxygen atoms in total. The van der Waals surface area contributed by atoms with E-state index in [4.69, 9.17) is 4.74 Å². The average molecular weight is 432 g/mol. The van der Waals surface area contributed by atoms with Crippen molar-refractivity contribution < 1.29 is 22.7 Å². The highest BCUT2D eigenvalue weighted by atomic mass is 19.4. The van der Waals surface area contributed by atoms with Crippen LogP contribution in [0.4, 0.5) is 18.9 Å². The van der Waals surface area contributed by atoms with Crippen LogP contribution in [0, 0.1) is 5.92 Å². The summed E-state index contributed by atoms with van der Waals surface area (Å²) in [5, 5.41) is 3.06. The molecule has 2 saturated heterocycles. The van der Waals surface area contributed by atoms with Gasteiger partial charge in [0, 0.05) is 38.5 Å². The van der Waals surface area contributed by atoms with E-state index in [-0.39, 0.29) is 5.91 Å². The number of anilines is 1. The number of nitrogens with one attached hydrogen (secondary N) is 1. The molecule has 2 aromatic rings. The van der Waals surface area contributed by atoms with Gasteiger partial charge in [0.05, 0.1) is 11.0 Å². The summed E-state index contributed by atoms with van der Waals surface area (Å²) in [5.41, 5.74) is -0.128. The summed E-state index contributed by atoms with van der Waals surface area (Å²) in [7, 11) is 0. The van der Waals surface area contributed by atoms with E-state index >= 15 is 0 Å². The van der Waals surface area contributed by atoms with E-state index < -0.39 is 17.2 Å². The van der Waals surface area contributed by atoms with Gasteiger partial charge in [-0.25, -0.2) is 0 Å². The summed E-state index contributed by atoms with van der Waals surface area (Å²) in [4.78, 5) is 15.6. The maximum atomic E-state index is 13.3. The molecule has 1 amide bonds. The van der Waals surface area contributed by atoms with Gasteiger partial charge in [0.2, 0.25) is 5.91 Å². The standard InChI is InChI=1S/C24H27F3N2O2/c25-24(26,27)20-6-4-5-19(15-20)23(10-13-31-14-11-23)22(30)28-16-18-9-12-29(17-18)21-7-2-1-3-8-21/h1-8,15,18H,9-14,16-17H2,(H,28,30). The lowest BCUT2D eigenvalue weighted by atomic mass is 9.73. The number of hydrogen-bond acceptors (Lipinski definition) is 3. The Hall–Kier alpha value is -2.54. The van der Waals surface area contributed by atoms with E-state index in [1.807, 2.05) is 18.2 Å². The third-order valence-corrected chi connectivity index (χ3v) is 6.48. The third-order valence-electron chi connectivity index (χ3n) is 6.48. The Labute approximate surface area is 180 Å². The number of rotatable bonds is 5. The van der Waals surface area contributed by atoms with E-state index in [0.717, 1.165) is 31.6 Å². The van der Waals surface area contributed by atoms with E-state index in [1.54, 1.807) is 6.07 Å². The maximum absolute atomic E-state index is 13.3. The summed E-state index contributed by atoms with van der Waals surface area (Å²) in [5.74, 6) is 0.107. The Kier molecular flexibility index (Phi) is 6.23. The normalized spacial score (nSPS) is 21.1. The maximum Gasteiger partial charge on any atom is 0.416 e. The molecule has 31 heavy (non-hydrogen) atoms. The second kappa shape index (κ2) is 8.91. The van der Waals surface area contributed by atoms with Gasteiger partial charge in [-0.15, -0.1) is 0 Å². The van der Waals surface area contributed by atoms with Gasteiger partial charge < -0.3 is 15.0 Å². The summed E-state index contributed by atoms with van der Waals surface area (Å²) in [6.45, 7) is 3.01. The summed E-state index contributed by atoms with van der Waals surface area (Å²) >= 11 is 0. The van der Waals surface area contributed by atoms with Crippen LogP contribution in [0.3, 0.4) is 0 Å². The SMILES string of the molecule is O=C(NCC1CCN(c2ccccc2)C1)C1(c2cccc(C(F)(F)F)c2)CCOCC1. The van der Waals surface area contributed by atoms with Crippen LogP contribution in [0.5, 0.6) is 0 Å². The van der Waals surface area contributed by atoms with Crippen LogP contribution in [-0.4, -0.2) is 38.8 Å². The van der Waals surface area contributed by atoms with E-state index in [9.17, 15) is 18.0 Å². The lowest BCUT2D eigenvalue weighted by molar-refractivity contribution is -0.138. The van der Waals surface area contributed by atoms with Crippen LogP contribution in [-0.2, 0) is 21.1 Å². The van der Waals surface area contributed by atoms with Gasteiger partial charge in [0.15, 0.2) is 0 Å². The first-order valence-corrected chi connectivity index (χ1v) is 10.7.